The van der Waals surface area contributed by atoms with E-state index in [1.54, 1.807) is 0 Å². The molecule has 4 nitrogen and oxygen atoms in total. The van der Waals surface area contributed by atoms with Crippen molar-refractivity contribution in [1.82, 2.24) is 20.4 Å². The van der Waals surface area contributed by atoms with Crippen LogP contribution in [-0.4, -0.2) is 49.1 Å². The lowest BCUT2D eigenvalue weighted by Crippen LogP contribution is -2.39. The predicted octanol–water partition coefficient (Wildman–Crippen LogP) is 5.57. The smallest absolute Gasteiger partial charge is 0.0237 e. The molecule has 0 aliphatic rings. The third-order valence-electron chi connectivity index (χ3n) is 6.73. The molecule has 0 aliphatic carbocycles. The zero-order valence-electron chi connectivity index (χ0n) is 22.5. The molecule has 0 heterocycles. The van der Waals surface area contributed by atoms with Gasteiger partial charge in [0.15, 0.2) is 0 Å². The van der Waals surface area contributed by atoms with E-state index in [1.807, 2.05) is 0 Å². The summed E-state index contributed by atoms with van der Waals surface area (Å²) in [5.74, 6) is 0. The molecule has 4 aromatic rings. The summed E-state index contributed by atoms with van der Waals surface area (Å²) in [7, 11) is 0. The molecule has 4 rings (SSSR count). The van der Waals surface area contributed by atoms with Gasteiger partial charge in [-0.1, -0.05) is 121 Å². The molecule has 0 atom stereocenters. The highest BCUT2D eigenvalue weighted by Crippen LogP contribution is 2.11. The lowest BCUT2D eigenvalue weighted by atomic mass is 10.1. The molecule has 0 spiro atoms. The topological polar surface area (TPSA) is 30.5 Å². The van der Waals surface area contributed by atoms with Crippen molar-refractivity contribution in [2.75, 3.05) is 39.3 Å². The number of nitrogens with one attached hydrogen (secondary N) is 2. The number of nitrogens with zero attached hydrogens (tertiary/aromatic N) is 2. The first-order chi connectivity index (χ1) is 18.8. The summed E-state index contributed by atoms with van der Waals surface area (Å²) in [5, 5.41) is 7.17. The van der Waals surface area contributed by atoms with E-state index < -0.39 is 0 Å². The number of benzene rings is 4. The monoisotopic (exact) mass is 506 g/mol. The van der Waals surface area contributed by atoms with Crippen LogP contribution in [0.4, 0.5) is 0 Å². The Hall–Kier alpha value is -3.28. The van der Waals surface area contributed by atoms with Crippen molar-refractivity contribution in [3.05, 3.63) is 144 Å². The van der Waals surface area contributed by atoms with Crippen molar-refractivity contribution >= 4 is 0 Å². The van der Waals surface area contributed by atoms with Gasteiger partial charge in [0.05, 0.1) is 0 Å². The predicted molar refractivity (Wildman–Crippen MR) is 160 cm³/mol. The minimum atomic E-state index is 0.918. The third-order valence-corrected chi connectivity index (χ3v) is 6.73. The van der Waals surface area contributed by atoms with Gasteiger partial charge in [-0.15, -0.1) is 0 Å². The minimum Gasteiger partial charge on any atom is -0.314 e. The molecule has 2 N–H and O–H groups in total. The Kier molecular flexibility index (Phi) is 12.1. The molecule has 0 amide bonds. The minimum absolute atomic E-state index is 0.918. The Morgan fingerprint density at radius 1 is 0.368 bits per heavy atom. The lowest BCUT2D eigenvalue weighted by molar-refractivity contribution is 0.188. The molecule has 4 heteroatoms. The lowest BCUT2D eigenvalue weighted by Gasteiger charge is -2.28. The van der Waals surface area contributed by atoms with Crippen molar-refractivity contribution in [1.29, 1.82) is 0 Å². The average Bonchev–Trinajstić information content (AvgIpc) is 2.97. The molecule has 0 bridgehead atoms. The molecule has 0 aromatic heterocycles. The standard InChI is InChI=1S/C34H42N4/c1-5-13-31(14-6-1)27-36-22-21-35-23-24-37(28-32-15-7-2-8-16-32)25-26-38(29-33-17-9-3-10-18-33)30-34-19-11-4-12-20-34/h1-20,35-36H,21-30H2. The molecule has 0 saturated heterocycles. The maximum absolute atomic E-state index is 3.64. The molecule has 4 aromatic carbocycles. The second-order valence-electron chi connectivity index (χ2n) is 9.86. The van der Waals surface area contributed by atoms with Gasteiger partial charge in [-0.25, -0.2) is 0 Å². The Bertz CT molecular complexity index is 1080. The van der Waals surface area contributed by atoms with Gasteiger partial charge in [0.1, 0.15) is 0 Å². The fourth-order valence-electron chi connectivity index (χ4n) is 4.66. The third kappa shape index (κ3) is 10.6. The summed E-state index contributed by atoms with van der Waals surface area (Å²) < 4.78 is 0. The van der Waals surface area contributed by atoms with E-state index in [-0.39, 0.29) is 0 Å². The Balaban J connectivity index is 1.28. The molecule has 0 aliphatic heterocycles. The van der Waals surface area contributed by atoms with Crippen molar-refractivity contribution < 1.29 is 0 Å². The van der Waals surface area contributed by atoms with Gasteiger partial charge in [0.25, 0.3) is 0 Å². The van der Waals surface area contributed by atoms with Gasteiger partial charge in [0, 0.05) is 65.4 Å². The molecule has 38 heavy (non-hydrogen) atoms. The molecule has 0 radical (unpaired) electrons. The van der Waals surface area contributed by atoms with Gasteiger partial charge in [0.2, 0.25) is 0 Å². The number of rotatable bonds is 17. The summed E-state index contributed by atoms with van der Waals surface area (Å²) >= 11 is 0. The van der Waals surface area contributed by atoms with E-state index in [9.17, 15) is 0 Å². The van der Waals surface area contributed by atoms with Crippen LogP contribution in [0, 0.1) is 0 Å². The van der Waals surface area contributed by atoms with E-state index >= 15 is 0 Å². The zero-order chi connectivity index (χ0) is 26.1. The van der Waals surface area contributed by atoms with Gasteiger partial charge in [-0.3, -0.25) is 9.80 Å². The van der Waals surface area contributed by atoms with Crippen LogP contribution in [0.3, 0.4) is 0 Å². The largest absolute Gasteiger partial charge is 0.314 e. The highest BCUT2D eigenvalue weighted by atomic mass is 15.2. The van der Waals surface area contributed by atoms with Crippen LogP contribution in [0.25, 0.3) is 0 Å². The van der Waals surface area contributed by atoms with Crippen molar-refractivity contribution in [3.8, 4) is 0 Å². The Labute approximate surface area is 229 Å². The number of hydrogen-bond acceptors (Lipinski definition) is 4. The average molecular weight is 507 g/mol. The van der Waals surface area contributed by atoms with Crippen molar-refractivity contribution in [2.24, 2.45) is 0 Å². The Morgan fingerprint density at radius 3 is 1.26 bits per heavy atom. The fraction of sp³-hybridized carbons (Fsp3) is 0.294. The molecular formula is C34H42N4. The van der Waals surface area contributed by atoms with E-state index in [4.69, 9.17) is 0 Å². The summed E-state index contributed by atoms with van der Waals surface area (Å²) in [4.78, 5) is 5.16. The van der Waals surface area contributed by atoms with E-state index in [2.05, 4.69) is 142 Å². The summed E-state index contributed by atoms with van der Waals surface area (Å²) in [6, 6.07) is 43.1. The van der Waals surface area contributed by atoms with E-state index in [0.717, 1.165) is 65.4 Å². The summed E-state index contributed by atoms with van der Waals surface area (Å²) in [6.07, 6.45) is 0. The molecule has 198 valence electrons. The van der Waals surface area contributed by atoms with Gasteiger partial charge in [-0.2, -0.15) is 0 Å². The first kappa shape index (κ1) is 27.7. The highest BCUT2D eigenvalue weighted by Gasteiger charge is 2.12. The number of hydrogen-bond donors (Lipinski definition) is 2. The molecule has 0 saturated carbocycles. The second kappa shape index (κ2) is 16.5. The summed E-state index contributed by atoms with van der Waals surface area (Å²) in [6.45, 7) is 9.81. The van der Waals surface area contributed by atoms with Crippen molar-refractivity contribution in [2.45, 2.75) is 26.2 Å². The summed E-state index contributed by atoms with van der Waals surface area (Å²) in [5.41, 5.74) is 5.43. The quantitative estimate of drug-likeness (QED) is 0.183. The maximum atomic E-state index is 3.64. The van der Waals surface area contributed by atoms with E-state index in [1.165, 1.54) is 22.3 Å². The van der Waals surface area contributed by atoms with Gasteiger partial charge < -0.3 is 10.6 Å². The maximum Gasteiger partial charge on any atom is 0.0237 e. The van der Waals surface area contributed by atoms with Crippen LogP contribution in [0.2, 0.25) is 0 Å². The Morgan fingerprint density at radius 2 is 0.763 bits per heavy atom. The highest BCUT2D eigenvalue weighted by molar-refractivity contribution is 5.18. The first-order valence-corrected chi connectivity index (χ1v) is 13.9. The van der Waals surface area contributed by atoms with Gasteiger partial charge >= 0.3 is 0 Å². The fourth-order valence-corrected chi connectivity index (χ4v) is 4.66. The van der Waals surface area contributed by atoms with Crippen LogP contribution in [0.1, 0.15) is 22.3 Å². The SMILES string of the molecule is c1ccc(CNCCNCCN(CCN(Cc2ccccc2)Cc2ccccc2)Cc2ccccc2)cc1. The van der Waals surface area contributed by atoms with Crippen LogP contribution >= 0.6 is 0 Å². The van der Waals surface area contributed by atoms with Crippen LogP contribution in [0.5, 0.6) is 0 Å². The van der Waals surface area contributed by atoms with Gasteiger partial charge in [-0.05, 0) is 22.3 Å². The molecule has 0 unspecified atom stereocenters. The normalized spacial score (nSPS) is 11.3. The molecule has 0 fully saturated rings. The molecular weight excluding hydrogens is 464 g/mol. The first-order valence-electron chi connectivity index (χ1n) is 13.9. The van der Waals surface area contributed by atoms with Crippen LogP contribution in [0.15, 0.2) is 121 Å². The van der Waals surface area contributed by atoms with Crippen LogP contribution < -0.4 is 10.6 Å². The van der Waals surface area contributed by atoms with E-state index in [0.29, 0.717) is 0 Å². The second-order valence-corrected chi connectivity index (χ2v) is 9.86. The van der Waals surface area contributed by atoms with Crippen LogP contribution in [-0.2, 0) is 26.2 Å². The zero-order valence-corrected chi connectivity index (χ0v) is 22.5. The van der Waals surface area contributed by atoms with Crippen molar-refractivity contribution in [3.63, 3.8) is 0 Å².